The van der Waals surface area contributed by atoms with Gasteiger partial charge in [0, 0.05) is 101 Å². The molecule has 148 heavy (non-hydrogen) atoms. The molecule has 27 aromatic rings. The fraction of sp³-hybridized carbons (Fsp3) is 0. The molecule has 0 N–H and O–H groups in total. The third kappa shape index (κ3) is 16.5. The minimum atomic E-state index is -0.0464. The first-order valence-corrected chi connectivity index (χ1v) is 50.3. The molecule has 0 spiro atoms. The van der Waals surface area contributed by atoms with Gasteiger partial charge in [0.2, 0.25) is 0 Å². The first-order valence-electron chi connectivity index (χ1n) is 50.3. The molecular weight excluding hydrogens is 1800 g/mol. The molecule has 0 saturated carbocycles. The second kappa shape index (κ2) is 39.6. The molecule has 25 aromatic carbocycles. The number of hydrogen-bond acceptors (Lipinski definition) is 6. The van der Waals surface area contributed by atoms with E-state index in [-0.39, 0.29) is 10.9 Å². The Morgan fingerprint density at radius 3 is 0.642 bits per heavy atom. The maximum absolute atomic E-state index is 13.8. The van der Waals surface area contributed by atoms with Crippen molar-refractivity contribution in [2.45, 2.75) is 0 Å². The van der Waals surface area contributed by atoms with Crippen molar-refractivity contribution in [3.05, 3.63) is 603 Å². The molecule has 0 amide bonds. The van der Waals surface area contributed by atoms with Crippen LogP contribution in [0.1, 0.15) is 0 Å². The molecule has 8 heteroatoms. The van der Waals surface area contributed by atoms with Crippen LogP contribution in [0.15, 0.2) is 592 Å². The van der Waals surface area contributed by atoms with Crippen molar-refractivity contribution in [2.24, 2.45) is 0 Å². The lowest BCUT2D eigenvalue weighted by molar-refractivity contribution is 1.15. The molecular formula is C140H96N6O2. The Labute approximate surface area is 857 Å². The predicted octanol–water partition coefficient (Wildman–Crippen LogP) is 37.4. The van der Waals surface area contributed by atoms with Crippen LogP contribution in [0.2, 0.25) is 0 Å². The summed E-state index contributed by atoms with van der Waals surface area (Å²) in [5.74, 6) is 0. The number of pyridine rings is 2. The third-order valence-electron chi connectivity index (χ3n) is 28.5. The number of aromatic nitrogens is 2. The standard InChI is InChI=1S/C58H40N2.C50H36N2.C32H20N2O2/c1-5-21-41(22-6-1)59(42-23-7-2-8-24-42)55-39-37-53(45-29-13-15-31-47(45)55)57-49-33-17-19-35-51(49)58(52-36-20-18-34-50(52)57)54-38-40-56(48-32-16-14-30-46(48)54)60(43-25-9-3-10-26-43)44-27-11-4-12-28-44;1-7-19-37(20-8-1)49-45-33-31-44(52(41-27-15-5-16-28-41)42-29-17-6-18-30-42)36-48(45)50(38-21-9-2-10-22-38)46-34-32-43(35-47(46)49)51(39-23-11-3-12-24-39)40-25-13-4-14-26-40;35-31-23-15-7-9-17-27(23)33(21-11-3-1-4-12-21)29-19-26-30(20-25(29)31)34(22-13-5-2-6-14-22)28-18-10-8-16-24(28)32(26)36/h1-40H;1-36H;1-20H. The van der Waals surface area contributed by atoms with Crippen LogP contribution >= 0.6 is 0 Å². The molecule has 0 saturated heterocycles. The van der Waals surface area contributed by atoms with Gasteiger partial charge in [-0.1, -0.05) is 388 Å². The highest BCUT2D eigenvalue weighted by atomic mass is 16.1. The van der Waals surface area contributed by atoms with Gasteiger partial charge in [0.15, 0.2) is 10.9 Å². The largest absolute Gasteiger partial charge is 0.310 e. The highest BCUT2D eigenvalue weighted by molar-refractivity contribution is 6.28. The van der Waals surface area contributed by atoms with E-state index in [0.29, 0.717) is 32.6 Å². The predicted molar refractivity (Wildman–Crippen MR) is 626 cm³/mol. The van der Waals surface area contributed by atoms with Crippen molar-refractivity contribution < 1.29 is 0 Å². The Bertz CT molecular complexity index is 8960. The minimum absolute atomic E-state index is 0.0464. The number of rotatable bonds is 18. The van der Waals surface area contributed by atoms with Gasteiger partial charge in [0.05, 0.1) is 33.4 Å². The highest BCUT2D eigenvalue weighted by Gasteiger charge is 2.28. The SMILES string of the molecule is O=c1c2ccccc2n(-c2ccccc2)c2cc3c(=O)c4ccccc4n(-c4ccccc4)c3cc12.c1ccc(-c2c3ccc(N(c4ccccc4)c4ccccc4)cc3c(-c3ccccc3)c3ccc(N(c4ccccc4)c4ccccc4)cc23)cc1.c1ccc(N(c2ccccc2)c2ccc(-c3c4ccccc4c(-c4ccc(N(c5ccccc5)c5ccccc5)c5ccccc45)c4ccccc34)c3ccccc23)cc1. The van der Waals surface area contributed by atoms with Crippen LogP contribution in [0.3, 0.4) is 0 Å². The first kappa shape index (κ1) is 89.5. The molecule has 0 aliphatic carbocycles. The molecule has 0 aliphatic rings. The van der Waals surface area contributed by atoms with Gasteiger partial charge in [-0.2, -0.15) is 0 Å². The van der Waals surface area contributed by atoms with Gasteiger partial charge < -0.3 is 28.7 Å². The van der Waals surface area contributed by atoms with Gasteiger partial charge in [-0.25, -0.2) is 0 Å². The zero-order valence-electron chi connectivity index (χ0n) is 80.9. The smallest absolute Gasteiger partial charge is 0.197 e. The minimum Gasteiger partial charge on any atom is -0.310 e. The summed E-state index contributed by atoms with van der Waals surface area (Å²) in [5, 5.41) is 17.0. The average Bonchev–Trinajstić information content (AvgIpc) is 0.722. The van der Waals surface area contributed by atoms with Crippen molar-refractivity contribution in [1.82, 2.24) is 9.13 Å². The van der Waals surface area contributed by atoms with E-state index in [1.807, 2.05) is 121 Å². The van der Waals surface area contributed by atoms with Crippen LogP contribution < -0.4 is 30.5 Å². The number of para-hydroxylation sites is 12. The maximum Gasteiger partial charge on any atom is 0.197 e. The van der Waals surface area contributed by atoms with Crippen molar-refractivity contribution >= 4 is 176 Å². The van der Waals surface area contributed by atoms with E-state index in [4.69, 9.17) is 0 Å². The van der Waals surface area contributed by atoms with Crippen LogP contribution in [-0.2, 0) is 0 Å². The molecule has 27 rings (SSSR count). The van der Waals surface area contributed by atoms with Crippen molar-refractivity contribution in [3.63, 3.8) is 0 Å². The fourth-order valence-corrected chi connectivity index (χ4v) is 22.1. The summed E-state index contributed by atoms with van der Waals surface area (Å²) < 4.78 is 4.15. The van der Waals surface area contributed by atoms with Gasteiger partial charge in [-0.15, -0.1) is 0 Å². The molecule has 0 aliphatic heterocycles. The summed E-state index contributed by atoms with van der Waals surface area (Å²) in [6.45, 7) is 0. The number of fused-ring (bicyclic) bond motifs is 10. The quantitative estimate of drug-likeness (QED) is 0.0798. The Kier molecular flexibility index (Phi) is 24.0. The lowest BCUT2D eigenvalue weighted by atomic mass is 9.83. The van der Waals surface area contributed by atoms with Crippen LogP contribution in [0.5, 0.6) is 0 Å². The Hall–Kier alpha value is -19.8. The Balaban J connectivity index is 0.000000119. The monoisotopic (exact) mass is 1890 g/mol. The zero-order chi connectivity index (χ0) is 98.7. The van der Waals surface area contributed by atoms with E-state index in [9.17, 15) is 9.59 Å². The van der Waals surface area contributed by atoms with Crippen LogP contribution in [0.4, 0.5) is 68.2 Å². The maximum atomic E-state index is 13.8. The molecule has 0 radical (unpaired) electrons. The first-order chi connectivity index (χ1) is 73.4. The van der Waals surface area contributed by atoms with Crippen LogP contribution in [-0.4, -0.2) is 9.13 Å². The number of benzene rings is 25. The van der Waals surface area contributed by atoms with E-state index < -0.39 is 0 Å². The van der Waals surface area contributed by atoms with Crippen LogP contribution in [0, 0.1) is 0 Å². The fourth-order valence-electron chi connectivity index (χ4n) is 22.1. The molecule has 8 nitrogen and oxygen atoms in total. The van der Waals surface area contributed by atoms with E-state index in [1.165, 1.54) is 109 Å². The molecule has 0 bridgehead atoms. The molecule has 0 fully saturated rings. The lowest BCUT2D eigenvalue weighted by Crippen LogP contribution is -2.14. The Morgan fingerprint density at radius 2 is 0.358 bits per heavy atom. The summed E-state index contributed by atoms with van der Waals surface area (Å²) in [6.07, 6.45) is 0. The zero-order valence-corrected chi connectivity index (χ0v) is 80.9. The molecule has 2 heterocycles. The van der Waals surface area contributed by atoms with E-state index >= 15 is 0 Å². The second-order valence-electron chi connectivity index (χ2n) is 37.1. The summed E-state index contributed by atoms with van der Waals surface area (Å²) >= 11 is 0. The Morgan fingerprint density at radius 1 is 0.135 bits per heavy atom. The average molecular weight is 1890 g/mol. The number of anilines is 12. The summed E-state index contributed by atoms with van der Waals surface area (Å²) in [7, 11) is 0. The number of nitrogens with zero attached hydrogens (tertiary/aromatic N) is 6. The van der Waals surface area contributed by atoms with Gasteiger partial charge in [-0.05, 0) is 292 Å². The molecule has 698 valence electrons. The molecule has 0 unspecified atom stereocenters. The highest BCUT2D eigenvalue weighted by Crippen LogP contribution is 2.54. The number of hydrogen-bond donors (Lipinski definition) is 0. The van der Waals surface area contributed by atoms with E-state index in [0.717, 1.165) is 90.7 Å². The summed E-state index contributed by atoms with van der Waals surface area (Å²) in [4.78, 5) is 37.1. The van der Waals surface area contributed by atoms with Crippen molar-refractivity contribution in [2.75, 3.05) is 19.6 Å². The summed E-state index contributed by atoms with van der Waals surface area (Å²) in [6, 6.07) is 205. The van der Waals surface area contributed by atoms with Crippen LogP contribution in [0.25, 0.3) is 164 Å². The molecule has 0 atom stereocenters. The van der Waals surface area contributed by atoms with Gasteiger partial charge in [0.25, 0.3) is 0 Å². The van der Waals surface area contributed by atoms with Gasteiger partial charge in [0.1, 0.15) is 0 Å². The van der Waals surface area contributed by atoms with Crippen molar-refractivity contribution in [1.29, 1.82) is 0 Å². The lowest BCUT2D eigenvalue weighted by Gasteiger charge is -2.28. The van der Waals surface area contributed by atoms with E-state index in [2.05, 4.69) is 490 Å². The topological polar surface area (TPSA) is 57.0 Å². The molecule has 2 aromatic heterocycles. The van der Waals surface area contributed by atoms with Gasteiger partial charge in [-0.3, -0.25) is 9.59 Å². The summed E-state index contributed by atoms with van der Waals surface area (Å²) in [5.41, 5.74) is 28.0. The van der Waals surface area contributed by atoms with Gasteiger partial charge >= 0.3 is 0 Å². The van der Waals surface area contributed by atoms with E-state index in [1.54, 1.807) is 0 Å². The third-order valence-corrected chi connectivity index (χ3v) is 28.5. The normalized spacial score (nSPS) is 11.3. The second-order valence-corrected chi connectivity index (χ2v) is 37.1. The van der Waals surface area contributed by atoms with Crippen molar-refractivity contribution in [3.8, 4) is 55.9 Å².